The number of carbonyl (C=O) groups excluding carboxylic acids is 1. The molecule has 0 aliphatic carbocycles. The first-order chi connectivity index (χ1) is 13.1. The van der Waals surface area contributed by atoms with Crippen LogP contribution in [-0.2, 0) is 6.42 Å². The first-order valence-corrected chi connectivity index (χ1v) is 8.87. The average Bonchev–Trinajstić information content (AvgIpc) is 2.71. The van der Waals surface area contributed by atoms with Gasteiger partial charge in [0.2, 0.25) is 0 Å². The van der Waals surface area contributed by atoms with Crippen molar-refractivity contribution in [3.63, 3.8) is 0 Å². The topological polar surface area (TPSA) is 63.2 Å². The maximum absolute atomic E-state index is 12.3. The summed E-state index contributed by atoms with van der Waals surface area (Å²) in [6.07, 6.45) is 2.59. The van der Waals surface area contributed by atoms with Gasteiger partial charge in [-0.2, -0.15) is 0 Å². The summed E-state index contributed by atoms with van der Waals surface area (Å²) in [5.74, 6) is 1.26. The van der Waals surface area contributed by atoms with Crippen molar-refractivity contribution in [2.45, 2.75) is 20.3 Å². The molecule has 0 spiro atoms. The molecule has 0 aliphatic rings. The number of aromatic nitrogens is 1. The molecule has 0 radical (unpaired) electrons. The summed E-state index contributed by atoms with van der Waals surface area (Å²) in [6, 6.07) is 16.9. The lowest BCUT2D eigenvalue weighted by molar-refractivity contribution is 0.102. The second kappa shape index (κ2) is 8.36. The minimum Gasteiger partial charge on any atom is -0.497 e. The number of aryl methyl sites for hydroxylation is 2. The molecule has 27 heavy (non-hydrogen) atoms. The van der Waals surface area contributed by atoms with Crippen molar-refractivity contribution >= 4 is 23.1 Å². The molecule has 2 N–H and O–H groups in total. The van der Waals surface area contributed by atoms with Crippen LogP contribution in [0.1, 0.15) is 28.4 Å². The number of para-hydroxylation sites is 1. The third-order valence-corrected chi connectivity index (χ3v) is 4.37. The normalized spacial score (nSPS) is 10.3. The van der Waals surface area contributed by atoms with Crippen LogP contribution in [0.25, 0.3) is 0 Å². The predicted octanol–water partition coefficient (Wildman–Crippen LogP) is 4.96. The van der Waals surface area contributed by atoms with Crippen molar-refractivity contribution in [2.24, 2.45) is 0 Å². The summed E-state index contributed by atoms with van der Waals surface area (Å²) >= 11 is 0. The lowest BCUT2D eigenvalue weighted by Crippen LogP contribution is -2.12. The highest BCUT2D eigenvalue weighted by Crippen LogP contribution is 2.25. The number of methoxy groups -OCH3 is 1. The predicted molar refractivity (Wildman–Crippen MR) is 109 cm³/mol. The zero-order valence-electron chi connectivity index (χ0n) is 15.7. The molecule has 3 rings (SSSR count). The Hall–Kier alpha value is -3.34. The van der Waals surface area contributed by atoms with E-state index >= 15 is 0 Å². The minimum atomic E-state index is -0.188. The Morgan fingerprint density at radius 2 is 1.85 bits per heavy atom. The van der Waals surface area contributed by atoms with Gasteiger partial charge < -0.3 is 15.4 Å². The van der Waals surface area contributed by atoms with Crippen LogP contribution < -0.4 is 15.4 Å². The minimum absolute atomic E-state index is 0.188. The smallest absolute Gasteiger partial charge is 0.255 e. The van der Waals surface area contributed by atoms with Gasteiger partial charge in [-0.05, 0) is 60.9 Å². The van der Waals surface area contributed by atoms with Gasteiger partial charge in [0.15, 0.2) is 0 Å². The van der Waals surface area contributed by atoms with Gasteiger partial charge in [0.25, 0.3) is 5.91 Å². The van der Waals surface area contributed by atoms with Crippen LogP contribution in [0.4, 0.5) is 17.2 Å². The van der Waals surface area contributed by atoms with Crippen molar-refractivity contribution in [3.05, 3.63) is 77.5 Å². The maximum Gasteiger partial charge on any atom is 0.255 e. The second-order valence-electron chi connectivity index (χ2n) is 6.20. The van der Waals surface area contributed by atoms with Crippen molar-refractivity contribution in [3.8, 4) is 5.75 Å². The Kier molecular flexibility index (Phi) is 5.71. The van der Waals surface area contributed by atoms with E-state index in [1.54, 1.807) is 37.6 Å². The Morgan fingerprint density at radius 1 is 1.07 bits per heavy atom. The van der Waals surface area contributed by atoms with Crippen molar-refractivity contribution in [1.29, 1.82) is 0 Å². The van der Waals surface area contributed by atoms with Crippen LogP contribution in [-0.4, -0.2) is 18.0 Å². The number of amides is 1. The SMILES string of the molecule is CCc1cccc(C)c1Nc1ccc(NC(=O)c2ccc(OC)cc2)cn1. The summed E-state index contributed by atoms with van der Waals surface area (Å²) < 4.78 is 5.11. The van der Waals surface area contributed by atoms with E-state index in [1.807, 2.05) is 12.1 Å². The van der Waals surface area contributed by atoms with Gasteiger partial charge in [-0.15, -0.1) is 0 Å². The molecule has 138 valence electrons. The molecule has 1 aromatic heterocycles. The fourth-order valence-corrected chi connectivity index (χ4v) is 2.82. The van der Waals surface area contributed by atoms with E-state index in [1.165, 1.54) is 11.1 Å². The number of ether oxygens (including phenoxy) is 1. The molecule has 0 unspecified atom stereocenters. The van der Waals surface area contributed by atoms with Gasteiger partial charge in [-0.25, -0.2) is 4.98 Å². The zero-order chi connectivity index (χ0) is 19.2. The fraction of sp³-hybridized carbons (Fsp3) is 0.182. The largest absolute Gasteiger partial charge is 0.497 e. The Morgan fingerprint density at radius 3 is 2.48 bits per heavy atom. The van der Waals surface area contributed by atoms with Crippen LogP contribution >= 0.6 is 0 Å². The lowest BCUT2D eigenvalue weighted by Gasteiger charge is -2.14. The van der Waals surface area contributed by atoms with Crippen LogP contribution in [0.2, 0.25) is 0 Å². The molecule has 0 atom stereocenters. The third-order valence-electron chi connectivity index (χ3n) is 4.37. The van der Waals surface area contributed by atoms with E-state index in [0.717, 1.165) is 17.9 Å². The second-order valence-corrected chi connectivity index (χ2v) is 6.20. The highest BCUT2D eigenvalue weighted by atomic mass is 16.5. The Labute approximate surface area is 159 Å². The maximum atomic E-state index is 12.3. The first kappa shape index (κ1) is 18.5. The van der Waals surface area contributed by atoms with Gasteiger partial charge >= 0.3 is 0 Å². The fourth-order valence-electron chi connectivity index (χ4n) is 2.82. The van der Waals surface area contributed by atoms with Gasteiger partial charge in [0.05, 0.1) is 19.0 Å². The van der Waals surface area contributed by atoms with Gasteiger partial charge in [-0.1, -0.05) is 25.1 Å². The molecule has 1 amide bonds. The van der Waals surface area contributed by atoms with Crippen LogP contribution in [0, 0.1) is 6.92 Å². The number of benzene rings is 2. The number of nitrogens with one attached hydrogen (secondary N) is 2. The molecule has 0 saturated heterocycles. The average molecular weight is 361 g/mol. The number of nitrogens with zero attached hydrogens (tertiary/aromatic N) is 1. The molecule has 0 saturated carbocycles. The van der Waals surface area contributed by atoms with E-state index < -0.39 is 0 Å². The Bertz CT molecular complexity index is 919. The first-order valence-electron chi connectivity index (χ1n) is 8.87. The van der Waals surface area contributed by atoms with Crippen LogP contribution in [0.3, 0.4) is 0 Å². The Balaban J connectivity index is 1.69. The summed E-state index contributed by atoms with van der Waals surface area (Å²) in [5.41, 5.74) is 4.71. The molecule has 0 fully saturated rings. The molecule has 3 aromatic rings. The van der Waals surface area contributed by atoms with Gasteiger partial charge in [0, 0.05) is 11.3 Å². The van der Waals surface area contributed by atoms with E-state index in [4.69, 9.17) is 4.74 Å². The molecule has 0 aliphatic heterocycles. The van der Waals surface area contributed by atoms with Crippen LogP contribution in [0.5, 0.6) is 5.75 Å². The monoisotopic (exact) mass is 361 g/mol. The number of carbonyl (C=O) groups is 1. The number of hydrogen-bond donors (Lipinski definition) is 2. The standard InChI is InChI=1S/C22H23N3O2/c1-4-16-7-5-6-15(2)21(16)25-20-13-10-18(14-23-20)24-22(26)17-8-11-19(27-3)12-9-17/h5-14H,4H2,1-3H3,(H,23,25)(H,24,26). The van der Waals surface area contributed by atoms with Gasteiger partial charge in [0.1, 0.15) is 11.6 Å². The van der Waals surface area contributed by atoms with Crippen molar-refractivity contribution in [1.82, 2.24) is 4.98 Å². The molecule has 0 bridgehead atoms. The summed E-state index contributed by atoms with van der Waals surface area (Å²) in [5, 5.41) is 6.23. The number of pyridine rings is 1. The van der Waals surface area contributed by atoms with E-state index in [9.17, 15) is 4.79 Å². The summed E-state index contributed by atoms with van der Waals surface area (Å²) in [4.78, 5) is 16.7. The molecule has 2 aromatic carbocycles. The van der Waals surface area contributed by atoms with Crippen molar-refractivity contribution < 1.29 is 9.53 Å². The van der Waals surface area contributed by atoms with Gasteiger partial charge in [-0.3, -0.25) is 4.79 Å². The number of hydrogen-bond acceptors (Lipinski definition) is 4. The molecule has 5 nitrogen and oxygen atoms in total. The lowest BCUT2D eigenvalue weighted by atomic mass is 10.1. The van der Waals surface area contributed by atoms with Crippen molar-refractivity contribution in [2.75, 3.05) is 17.7 Å². The summed E-state index contributed by atoms with van der Waals surface area (Å²) in [7, 11) is 1.59. The van der Waals surface area contributed by atoms with E-state index in [2.05, 4.69) is 47.7 Å². The highest BCUT2D eigenvalue weighted by Gasteiger charge is 2.08. The number of anilines is 3. The van der Waals surface area contributed by atoms with E-state index in [-0.39, 0.29) is 5.91 Å². The molecule has 1 heterocycles. The zero-order valence-corrected chi connectivity index (χ0v) is 15.7. The molecular weight excluding hydrogens is 338 g/mol. The molecule has 5 heteroatoms. The van der Waals surface area contributed by atoms with E-state index in [0.29, 0.717) is 17.0 Å². The molecular formula is C22H23N3O2. The highest BCUT2D eigenvalue weighted by molar-refractivity contribution is 6.04. The quantitative estimate of drug-likeness (QED) is 0.651. The third kappa shape index (κ3) is 4.44. The van der Waals surface area contributed by atoms with Crippen LogP contribution in [0.15, 0.2) is 60.8 Å². The summed E-state index contributed by atoms with van der Waals surface area (Å²) in [6.45, 7) is 4.20. The number of rotatable bonds is 6.